The first-order chi connectivity index (χ1) is 8.99. The summed E-state index contributed by atoms with van der Waals surface area (Å²) >= 11 is 0. The van der Waals surface area contributed by atoms with Crippen molar-refractivity contribution in [3.05, 3.63) is 0 Å². The van der Waals surface area contributed by atoms with Gasteiger partial charge in [-0.15, -0.1) is 0 Å². The van der Waals surface area contributed by atoms with E-state index in [0.29, 0.717) is 13.2 Å². The highest BCUT2D eigenvalue weighted by Gasteiger charge is 2.35. The van der Waals surface area contributed by atoms with E-state index in [1.807, 2.05) is 6.92 Å². The van der Waals surface area contributed by atoms with Crippen molar-refractivity contribution in [3.63, 3.8) is 0 Å². The van der Waals surface area contributed by atoms with Crippen molar-refractivity contribution < 1.29 is 14.6 Å². The maximum absolute atomic E-state index is 12.0. The van der Waals surface area contributed by atoms with Crippen LogP contribution in [0, 0.1) is 11.3 Å². The van der Waals surface area contributed by atoms with Gasteiger partial charge in [0.2, 0.25) is 5.91 Å². The van der Waals surface area contributed by atoms with Gasteiger partial charge in [0.1, 0.15) is 0 Å². The fraction of sp³-hybridized carbons (Fsp3) is 0.933. The highest BCUT2D eigenvalue weighted by molar-refractivity contribution is 5.78. The largest absolute Gasteiger partial charge is 0.392 e. The molecule has 0 aromatic heterocycles. The standard InChI is InChI=1S/C15H29NO3/c1-12(7-6-10-19-3)14(18)16-11-15(2)9-5-4-8-13(15)17/h12-13,17H,4-11H2,1-3H3,(H,16,18). The number of nitrogens with one attached hydrogen (secondary N) is 1. The minimum atomic E-state index is -0.287. The number of carbonyl (C=O) groups excluding carboxylic acids is 1. The van der Waals surface area contributed by atoms with Crippen LogP contribution in [0.1, 0.15) is 52.4 Å². The van der Waals surface area contributed by atoms with E-state index >= 15 is 0 Å². The van der Waals surface area contributed by atoms with E-state index in [1.54, 1.807) is 7.11 Å². The van der Waals surface area contributed by atoms with Crippen LogP contribution >= 0.6 is 0 Å². The van der Waals surface area contributed by atoms with Crippen LogP contribution in [0.2, 0.25) is 0 Å². The van der Waals surface area contributed by atoms with Crippen LogP contribution in [0.4, 0.5) is 0 Å². The van der Waals surface area contributed by atoms with Crippen LogP contribution in [0.15, 0.2) is 0 Å². The van der Waals surface area contributed by atoms with Crippen molar-refractivity contribution in [2.75, 3.05) is 20.3 Å². The van der Waals surface area contributed by atoms with Crippen LogP contribution in [-0.4, -0.2) is 37.4 Å². The predicted octanol–water partition coefficient (Wildman–Crippen LogP) is 2.11. The first-order valence-corrected chi connectivity index (χ1v) is 7.44. The smallest absolute Gasteiger partial charge is 0.222 e. The molecule has 0 aromatic rings. The third-order valence-electron chi connectivity index (χ3n) is 4.38. The van der Waals surface area contributed by atoms with Gasteiger partial charge in [-0.25, -0.2) is 0 Å². The lowest BCUT2D eigenvalue weighted by Gasteiger charge is -2.38. The van der Waals surface area contributed by atoms with Gasteiger partial charge >= 0.3 is 0 Å². The van der Waals surface area contributed by atoms with E-state index in [1.165, 1.54) is 0 Å². The van der Waals surface area contributed by atoms with Gasteiger partial charge in [0.15, 0.2) is 0 Å². The average Bonchev–Trinajstić information content (AvgIpc) is 2.40. The molecule has 1 fully saturated rings. The lowest BCUT2D eigenvalue weighted by Crippen LogP contribution is -2.46. The monoisotopic (exact) mass is 271 g/mol. The molecule has 4 heteroatoms. The summed E-state index contributed by atoms with van der Waals surface area (Å²) in [5.74, 6) is 0.106. The van der Waals surface area contributed by atoms with Gasteiger partial charge in [0, 0.05) is 31.6 Å². The first-order valence-electron chi connectivity index (χ1n) is 7.44. The van der Waals surface area contributed by atoms with Gasteiger partial charge < -0.3 is 15.2 Å². The van der Waals surface area contributed by atoms with E-state index in [2.05, 4.69) is 12.2 Å². The highest BCUT2D eigenvalue weighted by atomic mass is 16.5. The van der Waals surface area contributed by atoms with Crippen molar-refractivity contribution in [1.82, 2.24) is 5.32 Å². The molecule has 1 aliphatic rings. The van der Waals surface area contributed by atoms with Crippen molar-refractivity contribution in [3.8, 4) is 0 Å². The zero-order chi connectivity index (χ0) is 14.3. The molecule has 2 N–H and O–H groups in total. The first kappa shape index (κ1) is 16.4. The van der Waals surface area contributed by atoms with E-state index in [-0.39, 0.29) is 23.3 Å². The number of aliphatic hydroxyl groups is 1. The van der Waals surface area contributed by atoms with Crippen LogP contribution in [-0.2, 0) is 9.53 Å². The quantitative estimate of drug-likeness (QED) is 0.697. The third-order valence-corrected chi connectivity index (χ3v) is 4.38. The topological polar surface area (TPSA) is 58.6 Å². The summed E-state index contributed by atoms with van der Waals surface area (Å²) in [5, 5.41) is 13.1. The van der Waals surface area contributed by atoms with E-state index in [4.69, 9.17) is 4.74 Å². The summed E-state index contributed by atoms with van der Waals surface area (Å²) in [6.45, 7) is 5.31. The minimum absolute atomic E-state index is 0.0134. The summed E-state index contributed by atoms with van der Waals surface area (Å²) in [5.41, 5.74) is -0.153. The number of hydrogen-bond acceptors (Lipinski definition) is 3. The summed E-state index contributed by atoms with van der Waals surface area (Å²) < 4.78 is 4.99. The normalized spacial score (nSPS) is 28.9. The van der Waals surface area contributed by atoms with Crippen LogP contribution in [0.3, 0.4) is 0 Å². The summed E-state index contributed by atoms with van der Waals surface area (Å²) in [7, 11) is 1.68. The second-order valence-electron chi connectivity index (χ2n) is 6.17. The molecule has 1 rings (SSSR count). The molecule has 1 amide bonds. The van der Waals surface area contributed by atoms with Crippen molar-refractivity contribution >= 4 is 5.91 Å². The molecule has 3 unspecified atom stereocenters. The molecule has 3 atom stereocenters. The van der Waals surface area contributed by atoms with Gasteiger partial charge in [-0.1, -0.05) is 26.7 Å². The zero-order valence-corrected chi connectivity index (χ0v) is 12.6. The number of carbonyl (C=O) groups is 1. The Morgan fingerprint density at radius 2 is 2.26 bits per heavy atom. The number of methoxy groups -OCH3 is 1. The molecule has 19 heavy (non-hydrogen) atoms. The molecule has 0 saturated heterocycles. The number of ether oxygens (including phenoxy) is 1. The molecule has 0 aliphatic heterocycles. The van der Waals surface area contributed by atoms with Crippen molar-refractivity contribution in [1.29, 1.82) is 0 Å². The lowest BCUT2D eigenvalue weighted by atomic mass is 9.73. The molecule has 112 valence electrons. The third kappa shape index (κ3) is 5.11. The Morgan fingerprint density at radius 1 is 1.53 bits per heavy atom. The van der Waals surface area contributed by atoms with Crippen molar-refractivity contribution in [2.45, 2.75) is 58.5 Å². The molecule has 1 saturated carbocycles. The predicted molar refractivity (Wildman–Crippen MR) is 75.9 cm³/mol. The fourth-order valence-electron chi connectivity index (χ4n) is 2.72. The lowest BCUT2D eigenvalue weighted by molar-refractivity contribution is -0.126. The van der Waals surface area contributed by atoms with E-state index in [9.17, 15) is 9.90 Å². The number of amides is 1. The Bertz CT molecular complexity index is 283. The Kier molecular flexibility index (Phi) is 6.80. The number of aliphatic hydroxyl groups excluding tert-OH is 1. The Labute approximate surface area is 116 Å². The number of rotatable bonds is 7. The Hall–Kier alpha value is -0.610. The Balaban J connectivity index is 2.32. The van der Waals surface area contributed by atoms with Gasteiger partial charge in [-0.05, 0) is 25.7 Å². The SMILES string of the molecule is COCCCC(C)C(=O)NCC1(C)CCCCC1O. The second kappa shape index (κ2) is 7.85. The van der Waals surface area contributed by atoms with Crippen LogP contribution < -0.4 is 5.32 Å². The molecule has 0 heterocycles. The highest BCUT2D eigenvalue weighted by Crippen LogP contribution is 2.35. The Morgan fingerprint density at radius 3 is 2.89 bits per heavy atom. The molecular formula is C15H29NO3. The molecule has 1 aliphatic carbocycles. The fourth-order valence-corrected chi connectivity index (χ4v) is 2.72. The van der Waals surface area contributed by atoms with E-state index in [0.717, 1.165) is 38.5 Å². The van der Waals surface area contributed by atoms with Crippen molar-refractivity contribution in [2.24, 2.45) is 11.3 Å². The molecular weight excluding hydrogens is 242 g/mol. The summed E-state index contributed by atoms with van der Waals surface area (Å²) in [4.78, 5) is 12.0. The molecule has 4 nitrogen and oxygen atoms in total. The maximum atomic E-state index is 12.0. The van der Waals surface area contributed by atoms with Gasteiger partial charge in [0.05, 0.1) is 6.10 Å². The summed E-state index contributed by atoms with van der Waals surface area (Å²) in [6, 6.07) is 0. The molecule has 0 radical (unpaired) electrons. The number of hydrogen-bond donors (Lipinski definition) is 2. The molecule has 0 spiro atoms. The summed E-state index contributed by atoms with van der Waals surface area (Å²) in [6.07, 6.45) is 5.56. The molecule has 0 bridgehead atoms. The van der Waals surface area contributed by atoms with E-state index < -0.39 is 0 Å². The second-order valence-corrected chi connectivity index (χ2v) is 6.17. The van der Waals surface area contributed by atoms with Gasteiger partial charge in [-0.3, -0.25) is 4.79 Å². The zero-order valence-electron chi connectivity index (χ0n) is 12.6. The van der Waals surface area contributed by atoms with Gasteiger partial charge in [0.25, 0.3) is 0 Å². The van der Waals surface area contributed by atoms with Gasteiger partial charge in [-0.2, -0.15) is 0 Å². The van der Waals surface area contributed by atoms with Crippen LogP contribution in [0.5, 0.6) is 0 Å². The molecule has 0 aromatic carbocycles. The van der Waals surface area contributed by atoms with Crippen LogP contribution in [0.25, 0.3) is 0 Å². The minimum Gasteiger partial charge on any atom is -0.392 e. The average molecular weight is 271 g/mol. The maximum Gasteiger partial charge on any atom is 0.222 e.